The van der Waals surface area contributed by atoms with Gasteiger partial charge < -0.3 is 25.8 Å². The summed E-state index contributed by atoms with van der Waals surface area (Å²) in [5.74, 6) is -1.49. The lowest BCUT2D eigenvalue weighted by atomic mass is 10.2. The maximum atomic E-state index is 13.8. The van der Waals surface area contributed by atoms with Crippen LogP contribution in [0.4, 0.5) is 26.0 Å². The molecule has 194 valence electrons. The van der Waals surface area contributed by atoms with Gasteiger partial charge >= 0.3 is 0 Å². The number of ether oxygens (including phenoxy) is 1. The lowest BCUT2D eigenvalue weighted by Gasteiger charge is -2.10. The Bertz CT molecular complexity index is 1360. The van der Waals surface area contributed by atoms with Crippen molar-refractivity contribution in [2.45, 2.75) is 26.0 Å². The van der Waals surface area contributed by atoms with Crippen molar-refractivity contribution in [3.8, 4) is 5.75 Å². The minimum atomic E-state index is -1.12. The van der Waals surface area contributed by atoms with Crippen molar-refractivity contribution in [1.29, 1.82) is 0 Å². The van der Waals surface area contributed by atoms with Gasteiger partial charge in [0.25, 0.3) is 0 Å². The monoisotopic (exact) mass is 511 g/mol. The van der Waals surface area contributed by atoms with Crippen LogP contribution in [0.1, 0.15) is 13.3 Å². The molecular weight excluding hydrogens is 484 g/mol. The van der Waals surface area contributed by atoms with E-state index < -0.39 is 17.5 Å². The lowest BCUT2D eigenvalue weighted by molar-refractivity contribution is -0.116. The highest BCUT2D eigenvalue weighted by Crippen LogP contribution is 2.26. The van der Waals surface area contributed by atoms with Gasteiger partial charge in [-0.15, -0.1) is 0 Å². The van der Waals surface area contributed by atoms with E-state index in [0.29, 0.717) is 35.9 Å². The van der Waals surface area contributed by atoms with Gasteiger partial charge in [-0.2, -0.15) is 5.10 Å². The van der Waals surface area contributed by atoms with E-state index in [-0.39, 0.29) is 18.3 Å². The number of anilines is 3. The van der Waals surface area contributed by atoms with E-state index in [1.54, 1.807) is 13.1 Å². The molecule has 0 saturated heterocycles. The van der Waals surface area contributed by atoms with Crippen molar-refractivity contribution in [3.63, 3.8) is 0 Å². The number of halogens is 2. The number of fused-ring (bicyclic) bond motifs is 1. The summed E-state index contributed by atoms with van der Waals surface area (Å²) in [6.45, 7) is 3.34. The molecule has 12 heteroatoms. The van der Waals surface area contributed by atoms with Gasteiger partial charge in [0, 0.05) is 24.2 Å². The summed E-state index contributed by atoms with van der Waals surface area (Å²) in [7, 11) is 0. The Morgan fingerprint density at radius 2 is 2.08 bits per heavy atom. The number of nitrogens with zero attached hydrogens (tertiary/aromatic N) is 4. The first kappa shape index (κ1) is 25.9. The Labute approximate surface area is 211 Å². The maximum absolute atomic E-state index is 13.8. The highest BCUT2D eigenvalue weighted by molar-refractivity contribution is 5.92. The number of hydrogen-bond acceptors (Lipinski definition) is 8. The molecule has 2 heterocycles. The van der Waals surface area contributed by atoms with Crippen LogP contribution < -0.4 is 20.7 Å². The van der Waals surface area contributed by atoms with E-state index in [9.17, 15) is 18.7 Å². The first-order valence-electron chi connectivity index (χ1n) is 11.7. The zero-order chi connectivity index (χ0) is 26.2. The van der Waals surface area contributed by atoms with Crippen LogP contribution in [0, 0.1) is 11.6 Å². The normalized spacial score (nSPS) is 11.9. The molecule has 10 nitrogen and oxygen atoms in total. The SMILES string of the molecule is C[C@@H](O)CNCCCOc1ccc2c(Nc3cnn(CC(=O)Nc4cccc(F)c4F)c3)ncnc2c1. The summed E-state index contributed by atoms with van der Waals surface area (Å²) < 4.78 is 34.3. The van der Waals surface area contributed by atoms with Crippen LogP contribution in [-0.4, -0.2) is 56.6 Å². The van der Waals surface area contributed by atoms with Crippen LogP contribution in [0.2, 0.25) is 0 Å². The molecule has 0 bridgehead atoms. The number of hydrogen-bond donors (Lipinski definition) is 4. The van der Waals surface area contributed by atoms with Crippen molar-refractivity contribution in [2.24, 2.45) is 0 Å². The number of aliphatic hydroxyl groups excluding tert-OH is 1. The number of carbonyl (C=O) groups excluding carboxylic acids is 1. The molecule has 0 spiro atoms. The third-order valence-electron chi connectivity index (χ3n) is 5.24. The zero-order valence-corrected chi connectivity index (χ0v) is 20.1. The number of aliphatic hydroxyl groups is 1. The Morgan fingerprint density at radius 1 is 1.22 bits per heavy atom. The third-order valence-corrected chi connectivity index (χ3v) is 5.24. The number of rotatable bonds is 12. The van der Waals surface area contributed by atoms with E-state index >= 15 is 0 Å². The van der Waals surface area contributed by atoms with Gasteiger partial charge in [0.05, 0.1) is 35.8 Å². The first-order valence-corrected chi connectivity index (χ1v) is 11.7. The number of carbonyl (C=O) groups is 1. The molecule has 4 N–H and O–H groups in total. The largest absolute Gasteiger partial charge is 0.493 e. The second-order valence-corrected chi connectivity index (χ2v) is 8.36. The van der Waals surface area contributed by atoms with Gasteiger partial charge in [-0.05, 0) is 44.2 Å². The van der Waals surface area contributed by atoms with Gasteiger partial charge in [-0.3, -0.25) is 9.48 Å². The molecule has 37 heavy (non-hydrogen) atoms. The average Bonchev–Trinajstić information content (AvgIpc) is 3.30. The van der Waals surface area contributed by atoms with Gasteiger partial charge in [0.15, 0.2) is 11.6 Å². The zero-order valence-electron chi connectivity index (χ0n) is 20.1. The number of nitrogens with one attached hydrogen (secondary N) is 3. The number of amides is 1. The van der Waals surface area contributed by atoms with Crippen molar-refractivity contribution < 1.29 is 23.4 Å². The second kappa shape index (κ2) is 12.2. The smallest absolute Gasteiger partial charge is 0.246 e. The van der Waals surface area contributed by atoms with Crippen molar-refractivity contribution in [1.82, 2.24) is 25.1 Å². The summed E-state index contributed by atoms with van der Waals surface area (Å²) in [6, 6.07) is 9.07. The predicted octanol–water partition coefficient (Wildman–Crippen LogP) is 3.23. The van der Waals surface area contributed by atoms with Gasteiger partial charge in [-0.1, -0.05) is 6.07 Å². The molecule has 0 aliphatic heterocycles. The quantitative estimate of drug-likeness (QED) is 0.214. The molecule has 0 unspecified atom stereocenters. The lowest BCUT2D eigenvalue weighted by Crippen LogP contribution is -2.26. The van der Waals surface area contributed by atoms with Crippen molar-refractivity contribution in [2.75, 3.05) is 30.3 Å². The minimum Gasteiger partial charge on any atom is -0.493 e. The maximum Gasteiger partial charge on any atom is 0.246 e. The van der Waals surface area contributed by atoms with Crippen molar-refractivity contribution >= 4 is 34.0 Å². The van der Waals surface area contributed by atoms with Crippen LogP contribution >= 0.6 is 0 Å². The van der Waals surface area contributed by atoms with Crippen LogP contribution in [0.3, 0.4) is 0 Å². The molecular formula is C25H27F2N7O3. The fraction of sp³-hybridized carbons (Fsp3) is 0.280. The molecule has 0 radical (unpaired) electrons. The van der Waals surface area contributed by atoms with Gasteiger partial charge in [0.2, 0.25) is 5.91 Å². The molecule has 0 fully saturated rings. The van der Waals surface area contributed by atoms with Crippen LogP contribution in [0.25, 0.3) is 10.9 Å². The Morgan fingerprint density at radius 3 is 2.92 bits per heavy atom. The molecule has 2 aromatic heterocycles. The summed E-state index contributed by atoms with van der Waals surface area (Å²) >= 11 is 0. The van der Waals surface area contributed by atoms with Crippen molar-refractivity contribution in [3.05, 3.63) is 66.8 Å². The second-order valence-electron chi connectivity index (χ2n) is 8.36. The third kappa shape index (κ3) is 7.18. The van der Waals surface area contributed by atoms with Gasteiger partial charge in [0.1, 0.15) is 24.4 Å². The fourth-order valence-corrected chi connectivity index (χ4v) is 3.51. The summed E-state index contributed by atoms with van der Waals surface area (Å²) in [5.41, 5.74) is 1.03. The van der Waals surface area contributed by atoms with E-state index in [2.05, 4.69) is 31.0 Å². The molecule has 4 aromatic rings. The van der Waals surface area contributed by atoms with E-state index in [1.165, 1.54) is 29.3 Å². The topological polar surface area (TPSA) is 126 Å². The summed E-state index contributed by atoms with van der Waals surface area (Å²) in [5, 5.41) is 22.8. The first-order chi connectivity index (χ1) is 17.9. The molecule has 0 aliphatic carbocycles. The standard InChI is InChI=1S/C25H27F2N7O3/c1-16(35)11-28-8-3-9-37-18-6-7-19-22(10-18)29-15-30-25(19)32-17-12-31-34(13-17)14-23(36)33-21-5-2-4-20(26)24(21)27/h2,4-7,10,12-13,15-16,28,35H,3,8-9,11,14H2,1H3,(H,33,36)(H,29,30,32)/t16-/m1/s1. The molecule has 2 aromatic carbocycles. The van der Waals surface area contributed by atoms with Crippen LogP contribution in [-0.2, 0) is 11.3 Å². The summed E-state index contributed by atoms with van der Waals surface area (Å²) in [4.78, 5) is 20.9. The van der Waals surface area contributed by atoms with E-state index in [1.807, 2.05) is 18.2 Å². The van der Waals surface area contributed by atoms with Crippen LogP contribution in [0.15, 0.2) is 55.1 Å². The minimum absolute atomic E-state index is 0.197. The number of aromatic nitrogens is 4. The average molecular weight is 512 g/mol. The highest BCUT2D eigenvalue weighted by atomic mass is 19.2. The molecule has 1 amide bonds. The molecule has 0 saturated carbocycles. The highest BCUT2D eigenvalue weighted by Gasteiger charge is 2.12. The molecule has 0 aliphatic rings. The Kier molecular flexibility index (Phi) is 8.54. The van der Waals surface area contributed by atoms with E-state index in [4.69, 9.17) is 4.74 Å². The summed E-state index contributed by atoms with van der Waals surface area (Å²) in [6.07, 6.45) is 4.96. The Hall–Kier alpha value is -4.16. The number of benzene rings is 2. The molecule has 4 rings (SSSR count). The van der Waals surface area contributed by atoms with Gasteiger partial charge in [-0.25, -0.2) is 18.7 Å². The van der Waals surface area contributed by atoms with Crippen LogP contribution in [0.5, 0.6) is 5.75 Å². The molecule has 1 atom stereocenters. The fourth-order valence-electron chi connectivity index (χ4n) is 3.51. The van der Waals surface area contributed by atoms with E-state index in [0.717, 1.165) is 24.4 Å². The Balaban J connectivity index is 1.34. The predicted molar refractivity (Wildman–Crippen MR) is 135 cm³/mol.